The Kier molecular flexibility index (Phi) is 4.43. The number of likely N-dealkylation sites (N-methyl/N-ethyl adjacent to an activating group) is 1. The number of hydrogen-bond donors (Lipinski definition) is 1. The van der Waals surface area contributed by atoms with Gasteiger partial charge in [0.15, 0.2) is 0 Å². The summed E-state index contributed by atoms with van der Waals surface area (Å²) in [4.78, 5) is 6.61. The minimum Gasteiger partial charge on any atom is -0.374 e. The van der Waals surface area contributed by atoms with Crippen molar-refractivity contribution in [1.82, 2.24) is 15.2 Å². The topological polar surface area (TPSA) is 37.4 Å². The predicted octanol–water partition coefficient (Wildman–Crippen LogP) is 1.79. The lowest BCUT2D eigenvalue weighted by Crippen LogP contribution is -2.44. The van der Waals surface area contributed by atoms with Crippen LogP contribution in [0.1, 0.15) is 5.56 Å². The van der Waals surface area contributed by atoms with E-state index in [-0.39, 0.29) is 11.9 Å². The highest BCUT2D eigenvalue weighted by atomic mass is 19.1. The van der Waals surface area contributed by atoms with Gasteiger partial charge in [-0.05, 0) is 30.8 Å². The molecule has 1 aliphatic rings. The van der Waals surface area contributed by atoms with Gasteiger partial charge in [0.05, 0.1) is 18.2 Å². The third-order valence-electron chi connectivity index (χ3n) is 3.78. The summed E-state index contributed by atoms with van der Waals surface area (Å²) in [7, 11) is 2.10. The van der Waals surface area contributed by atoms with E-state index in [9.17, 15) is 4.39 Å². The molecule has 0 radical (unpaired) electrons. The minimum absolute atomic E-state index is 0.191. The number of morpholine rings is 1. The van der Waals surface area contributed by atoms with Crippen LogP contribution in [0.5, 0.6) is 0 Å². The van der Waals surface area contributed by atoms with Crippen LogP contribution in [0.4, 0.5) is 4.39 Å². The van der Waals surface area contributed by atoms with Gasteiger partial charge in [-0.2, -0.15) is 0 Å². The molecule has 2 aromatic rings. The predicted molar refractivity (Wildman–Crippen MR) is 80.6 cm³/mol. The van der Waals surface area contributed by atoms with Crippen LogP contribution in [-0.2, 0) is 11.3 Å². The minimum atomic E-state index is -0.221. The van der Waals surface area contributed by atoms with Crippen molar-refractivity contribution in [2.45, 2.75) is 12.6 Å². The van der Waals surface area contributed by atoms with Gasteiger partial charge < -0.3 is 15.0 Å². The standard InChI is InChI=1S/C16H20FN3O/c1-20-5-6-21-15(11-20)10-18-9-13-8-14(17)7-12-3-2-4-19-16(12)13/h2-4,7-8,15,18H,5-6,9-11H2,1H3/t15-/m1/s1. The molecule has 1 aromatic carbocycles. The molecule has 1 fully saturated rings. The number of benzene rings is 1. The van der Waals surface area contributed by atoms with Crippen molar-refractivity contribution < 1.29 is 9.13 Å². The van der Waals surface area contributed by atoms with Gasteiger partial charge in [-0.3, -0.25) is 4.98 Å². The Morgan fingerprint density at radius 1 is 1.48 bits per heavy atom. The zero-order chi connectivity index (χ0) is 14.7. The fourth-order valence-electron chi connectivity index (χ4n) is 2.72. The van der Waals surface area contributed by atoms with Crippen LogP contribution in [0, 0.1) is 5.82 Å². The molecule has 1 saturated heterocycles. The lowest BCUT2D eigenvalue weighted by molar-refractivity contribution is -0.0182. The average Bonchev–Trinajstić information content (AvgIpc) is 2.47. The molecular weight excluding hydrogens is 269 g/mol. The van der Waals surface area contributed by atoms with Crippen LogP contribution in [0.3, 0.4) is 0 Å². The Balaban J connectivity index is 1.65. The molecule has 0 saturated carbocycles. The van der Waals surface area contributed by atoms with Crippen LogP contribution in [-0.4, -0.2) is 49.3 Å². The average molecular weight is 289 g/mol. The van der Waals surface area contributed by atoms with Crippen LogP contribution < -0.4 is 5.32 Å². The number of fused-ring (bicyclic) bond motifs is 1. The maximum atomic E-state index is 13.6. The zero-order valence-corrected chi connectivity index (χ0v) is 12.2. The molecule has 1 N–H and O–H groups in total. The molecule has 0 amide bonds. The monoisotopic (exact) mass is 289 g/mol. The Bertz CT molecular complexity index is 619. The lowest BCUT2D eigenvalue weighted by Gasteiger charge is -2.30. The number of ether oxygens (including phenoxy) is 1. The van der Waals surface area contributed by atoms with Gasteiger partial charge in [0, 0.05) is 37.8 Å². The maximum Gasteiger partial charge on any atom is 0.124 e. The number of nitrogens with one attached hydrogen (secondary N) is 1. The molecule has 0 unspecified atom stereocenters. The molecule has 0 spiro atoms. The Labute approximate surface area is 123 Å². The number of halogens is 1. The first kappa shape index (κ1) is 14.4. The summed E-state index contributed by atoms with van der Waals surface area (Å²) < 4.78 is 19.3. The zero-order valence-electron chi connectivity index (χ0n) is 12.2. The van der Waals surface area contributed by atoms with E-state index in [1.807, 2.05) is 12.1 Å². The summed E-state index contributed by atoms with van der Waals surface area (Å²) in [5, 5.41) is 4.19. The summed E-state index contributed by atoms with van der Waals surface area (Å²) >= 11 is 0. The number of pyridine rings is 1. The van der Waals surface area contributed by atoms with E-state index in [1.165, 1.54) is 6.07 Å². The second kappa shape index (κ2) is 6.47. The summed E-state index contributed by atoms with van der Waals surface area (Å²) in [5.74, 6) is -0.221. The Hall–Kier alpha value is -1.56. The molecule has 0 bridgehead atoms. The highest BCUT2D eigenvalue weighted by Crippen LogP contribution is 2.18. The quantitative estimate of drug-likeness (QED) is 0.931. The van der Waals surface area contributed by atoms with Crippen LogP contribution in [0.2, 0.25) is 0 Å². The molecule has 21 heavy (non-hydrogen) atoms. The third-order valence-corrected chi connectivity index (χ3v) is 3.78. The number of rotatable bonds is 4. The summed E-state index contributed by atoms with van der Waals surface area (Å²) in [6, 6.07) is 6.78. The highest BCUT2D eigenvalue weighted by Gasteiger charge is 2.17. The molecule has 3 rings (SSSR count). The number of aromatic nitrogens is 1. The number of hydrogen-bond acceptors (Lipinski definition) is 4. The van der Waals surface area contributed by atoms with E-state index in [2.05, 4.69) is 22.2 Å². The van der Waals surface area contributed by atoms with Crippen molar-refractivity contribution in [3.8, 4) is 0 Å². The third kappa shape index (κ3) is 3.56. The van der Waals surface area contributed by atoms with Gasteiger partial charge in [0.2, 0.25) is 0 Å². The van der Waals surface area contributed by atoms with Gasteiger partial charge in [-0.25, -0.2) is 4.39 Å². The first-order chi connectivity index (χ1) is 10.2. The molecule has 0 aliphatic carbocycles. The molecular formula is C16H20FN3O. The van der Waals surface area contributed by atoms with Gasteiger partial charge in [0.25, 0.3) is 0 Å². The Morgan fingerprint density at radius 3 is 3.24 bits per heavy atom. The van der Waals surface area contributed by atoms with E-state index in [4.69, 9.17) is 4.74 Å². The summed E-state index contributed by atoms with van der Waals surface area (Å²) in [5.41, 5.74) is 1.74. The van der Waals surface area contributed by atoms with Crippen molar-refractivity contribution in [1.29, 1.82) is 0 Å². The molecule has 1 aromatic heterocycles. The van der Waals surface area contributed by atoms with Crippen LogP contribution in [0.25, 0.3) is 10.9 Å². The molecule has 4 nitrogen and oxygen atoms in total. The number of nitrogens with zero attached hydrogens (tertiary/aromatic N) is 2. The van der Waals surface area contributed by atoms with Gasteiger partial charge in [0.1, 0.15) is 5.82 Å². The fourth-order valence-corrected chi connectivity index (χ4v) is 2.72. The van der Waals surface area contributed by atoms with E-state index in [0.29, 0.717) is 6.54 Å². The van der Waals surface area contributed by atoms with Crippen molar-refractivity contribution in [3.05, 3.63) is 41.8 Å². The molecule has 1 aliphatic heterocycles. The lowest BCUT2D eigenvalue weighted by atomic mass is 10.1. The van der Waals surface area contributed by atoms with Crippen molar-refractivity contribution in [2.24, 2.45) is 0 Å². The summed E-state index contributed by atoms with van der Waals surface area (Å²) in [6.45, 7) is 4.03. The van der Waals surface area contributed by atoms with Crippen LogP contribution >= 0.6 is 0 Å². The van der Waals surface area contributed by atoms with E-state index in [0.717, 1.165) is 42.7 Å². The molecule has 1 atom stereocenters. The normalized spacial score (nSPS) is 20.0. The molecule has 112 valence electrons. The van der Waals surface area contributed by atoms with E-state index >= 15 is 0 Å². The second-order valence-corrected chi connectivity index (χ2v) is 5.53. The van der Waals surface area contributed by atoms with Crippen molar-refractivity contribution in [3.63, 3.8) is 0 Å². The molecule has 2 heterocycles. The van der Waals surface area contributed by atoms with Gasteiger partial charge in [-0.1, -0.05) is 6.07 Å². The SMILES string of the molecule is CN1CCO[C@H](CNCc2cc(F)cc3cccnc23)C1. The smallest absolute Gasteiger partial charge is 0.124 e. The molecule has 5 heteroatoms. The van der Waals surface area contributed by atoms with Crippen LogP contribution in [0.15, 0.2) is 30.5 Å². The largest absolute Gasteiger partial charge is 0.374 e. The summed E-state index contributed by atoms with van der Waals surface area (Å²) in [6.07, 6.45) is 1.93. The first-order valence-electron chi connectivity index (χ1n) is 7.26. The Morgan fingerprint density at radius 2 is 2.38 bits per heavy atom. The van der Waals surface area contributed by atoms with Crippen molar-refractivity contribution in [2.75, 3.05) is 33.3 Å². The van der Waals surface area contributed by atoms with Gasteiger partial charge >= 0.3 is 0 Å². The van der Waals surface area contributed by atoms with E-state index in [1.54, 1.807) is 12.3 Å². The highest BCUT2D eigenvalue weighted by molar-refractivity contribution is 5.81. The van der Waals surface area contributed by atoms with E-state index < -0.39 is 0 Å². The maximum absolute atomic E-state index is 13.6. The first-order valence-corrected chi connectivity index (χ1v) is 7.26. The van der Waals surface area contributed by atoms with Crippen molar-refractivity contribution >= 4 is 10.9 Å². The second-order valence-electron chi connectivity index (χ2n) is 5.53. The van der Waals surface area contributed by atoms with Gasteiger partial charge in [-0.15, -0.1) is 0 Å². The fraction of sp³-hybridized carbons (Fsp3) is 0.438.